The molecule has 0 radical (unpaired) electrons. The van der Waals surface area contributed by atoms with Crippen molar-refractivity contribution in [3.8, 4) is 0 Å². The molecule has 1 fully saturated rings. The van der Waals surface area contributed by atoms with Crippen molar-refractivity contribution < 1.29 is 4.79 Å². The predicted octanol–water partition coefficient (Wildman–Crippen LogP) is 4.34. The molecule has 1 heterocycles. The van der Waals surface area contributed by atoms with Crippen molar-refractivity contribution in [1.29, 1.82) is 0 Å². The molecule has 1 aromatic carbocycles. The van der Waals surface area contributed by atoms with Crippen LogP contribution in [0, 0.1) is 11.8 Å². The van der Waals surface area contributed by atoms with E-state index in [4.69, 9.17) is 4.98 Å². The number of hydrogen-bond donors (Lipinski definition) is 1. The first kappa shape index (κ1) is 15.5. The van der Waals surface area contributed by atoms with Crippen LogP contribution in [0.4, 0.5) is 0 Å². The van der Waals surface area contributed by atoms with Crippen LogP contribution in [-0.2, 0) is 4.79 Å². The van der Waals surface area contributed by atoms with Crippen LogP contribution in [0.3, 0.4) is 0 Å². The molecule has 0 bridgehead atoms. The topological polar surface area (TPSA) is 42.0 Å². The van der Waals surface area contributed by atoms with Crippen molar-refractivity contribution in [3.05, 3.63) is 29.3 Å². The van der Waals surface area contributed by atoms with Gasteiger partial charge in [-0.1, -0.05) is 38.8 Å². The monoisotopic (exact) mass is 316 g/mol. The number of carbonyl (C=O) groups is 1. The van der Waals surface area contributed by atoms with Crippen LogP contribution in [0.2, 0.25) is 0 Å². The number of amides is 1. The van der Waals surface area contributed by atoms with Crippen molar-refractivity contribution in [3.63, 3.8) is 0 Å². The average Bonchev–Trinajstić information content (AvgIpc) is 2.96. The Bertz CT molecular complexity index is 616. The lowest BCUT2D eigenvalue weighted by molar-refractivity contribution is -0.126. The Morgan fingerprint density at radius 1 is 1.32 bits per heavy atom. The van der Waals surface area contributed by atoms with E-state index in [0.29, 0.717) is 11.8 Å². The quantitative estimate of drug-likeness (QED) is 0.911. The van der Waals surface area contributed by atoms with Crippen LogP contribution in [0.1, 0.15) is 50.5 Å². The molecule has 2 unspecified atom stereocenters. The number of thiazole rings is 1. The molecule has 22 heavy (non-hydrogen) atoms. The lowest BCUT2D eigenvalue weighted by Crippen LogP contribution is -2.37. The fourth-order valence-corrected chi connectivity index (χ4v) is 4.39. The highest BCUT2D eigenvalue weighted by atomic mass is 32.1. The number of aromatic nitrogens is 1. The summed E-state index contributed by atoms with van der Waals surface area (Å²) in [6.45, 7) is 5.03. The minimum Gasteiger partial charge on any atom is -0.356 e. The van der Waals surface area contributed by atoms with Crippen LogP contribution in [0.15, 0.2) is 24.3 Å². The summed E-state index contributed by atoms with van der Waals surface area (Å²) in [5, 5.41) is 4.27. The number of carbonyl (C=O) groups excluding carboxylic acids is 1. The molecule has 0 spiro atoms. The number of para-hydroxylation sites is 1. The third-order valence-electron chi connectivity index (χ3n) is 4.41. The fraction of sp³-hybridized carbons (Fsp3) is 0.556. The van der Waals surface area contributed by atoms with Gasteiger partial charge in [-0.15, -0.1) is 11.3 Å². The van der Waals surface area contributed by atoms with Gasteiger partial charge >= 0.3 is 0 Å². The SMILES string of the molecule is CC(C)CNC(=O)C1CCCCC1c1nc2ccccc2s1. The summed E-state index contributed by atoms with van der Waals surface area (Å²) in [5.41, 5.74) is 1.06. The zero-order valence-electron chi connectivity index (χ0n) is 13.3. The van der Waals surface area contributed by atoms with Gasteiger partial charge in [-0.2, -0.15) is 0 Å². The molecular weight excluding hydrogens is 292 g/mol. The van der Waals surface area contributed by atoms with Crippen molar-refractivity contribution in [2.75, 3.05) is 6.54 Å². The first-order valence-corrected chi connectivity index (χ1v) is 9.10. The van der Waals surface area contributed by atoms with Crippen LogP contribution < -0.4 is 5.32 Å². The Morgan fingerprint density at radius 3 is 2.86 bits per heavy atom. The third-order valence-corrected chi connectivity index (χ3v) is 5.58. The lowest BCUT2D eigenvalue weighted by atomic mass is 9.79. The average molecular weight is 316 g/mol. The summed E-state index contributed by atoms with van der Waals surface area (Å²) in [7, 11) is 0. The lowest BCUT2D eigenvalue weighted by Gasteiger charge is -2.29. The third kappa shape index (κ3) is 3.32. The van der Waals surface area contributed by atoms with Gasteiger partial charge in [0, 0.05) is 18.4 Å². The summed E-state index contributed by atoms with van der Waals surface area (Å²) in [6.07, 6.45) is 4.43. The Morgan fingerprint density at radius 2 is 2.09 bits per heavy atom. The van der Waals surface area contributed by atoms with E-state index in [0.717, 1.165) is 36.3 Å². The number of benzene rings is 1. The number of fused-ring (bicyclic) bond motifs is 1. The zero-order valence-corrected chi connectivity index (χ0v) is 14.2. The fourth-order valence-electron chi connectivity index (χ4n) is 3.22. The zero-order chi connectivity index (χ0) is 15.5. The van der Waals surface area contributed by atoms with Gasteiger partial charge in [0.25, 0.3) is 0 Å². The van der Waals surface area contributed by atoms with Crippen molar-refractivity contribution >= 4 is 27.5 Å². The molecule has 1 N–H and O–H groups in total. The van der Waals surface area contributed by atoms with Gasteiger partial charge in [0.1, 0.15) is 0 Å². The molecule has 2 aromatic rings. The summed E-state index contributed by atoms with van der Waals surface area (Å²) in [5.74, 6) is 1.09. The first-order chi connectivity index (χ1) is 10.6. The molecular formula is C18H24N2OS. The van der Waals surface area contributed by atoms with E-state index >= 15 is 0 Å². The van der Waals surface area contributed by atoms with Crippen molar-refractivity contribution in [1.82, 2.24) is 10.3 Å². The summed E-state index contributed by atoms with van der Waals surface area (Å²) in [4.78, 5) is 17.4. The van der Waals surface area contributed by atoms with Crippen molar-refractivity contribution in [2.24, 2.45) is 11.8 Å². The van der Waals surface area contributed by atoms with Gasteiger partial charge in [0.15, 0.2) is 0 Å². The van der Waals surface area contributed by atoms with E-state index in [1.54, 1.807) is 11.3 Å². The van der Waals surface area contributed by atoms with Gasteiger partial charge in [-0.3, -0.25) is 4.79 Å². The largest absolute Gasteiger partial charge is 0.356 e. The molecule has 1 aromatic heterocycles. The highest BCUT2D eigenvalue weighted by Crippen LogP contribution is 2.40. The van der Waals surface area contributed by atoms with Gasteiger partial charge < -0.3 is 5.32 Å². The summed E-state index contributed by atoms with van der Waals surface area (Å²) < 4.78 is 1.23. The maximum Gasteiger partial charge on any atom is 0.223 e. The minimum absolute atomic E-state index is 0.0908. The van der Waals surface area contributed by atoms with Gasteiger partial charge in [-0.05, 0) is 30.9 Å². The molecule has 3 rings (SSSR count). The second-order valence-electron chi connectivity index (χ2n) is 6.66. The molecule has 118 valence electrons. The molecule has 1 amide bonds. The second-order valence-corrected chi connectivity index (χ2v) is 7.72. The van der Waals surface area contributed by atoms with E-state index in [2.05, 4.69) is 37.4 Å². The second kappa shape index (κ2) is 6.78. The van der Waals surface area contributed by atoms with Gasteiger partial charge in [-0.25, -0.2) is 4.98 Å². The maximum atomic E-state index is 12.6. The van der Waals surface area contributed by atoms with Crippen LogP contribution in [0.5, 0.6) is 0 Å². The van der Waals surface area contributed by atoms with E-state index in [1.165, 1.54) is 11.1 Å². The maximum absolute atomic E-state index is 12.6. The van der Waals surface area contributed by atoms with E-state index in [1.807, 2.05) is 6.07 Å². The van der Waals surface area contributed by atoms with Crippen LogP contribution in [-0.4, -0.2) is 17.4 Å². The van der Waals surface area contributed by atoms with Gasteiger partial charge in [0.05, 0.1) is 15.2 Å². The molecule has 3 nitrogen and oxygen atoms in total. The summed E-state index contributed by atoms with van der Waals surface area (Å²) >= 11 is 1.76. The first-order valence-electron chi connectivity index (χ1n) is 8.28. The predicted molar refractivity (Wildman–Crippen MR) is 92.2 cm³/mol. The highest BCUT2D eigenvalue weighted by Gasteiger charge is 2.33. The normalized spacial score (nSPS) is 22.1. The molecule has 1 aliphatic carbocycles. The standard InChI is InChI=1S/C18H24N2OS/c1-12(2)11-19-17(21)13-7-3-4-8-14(13)18-20-15-9-5-6-10-16(15)22-18/h5-6,9-10,12-14H,3-4,7-8,11H2,1-2H3,(H,19,21). The Kier molecular flexibility index (Phi) is 4.77. The van der Waals surface area contributed by atoms with Crippen molar-refractivity contribution in [2.45, 2.75) is 45.4 Å². The molecule has 4 heteroatoms. The molecule has 1 saturated carbocycles. The number of nitrogens with zero attached hydrogens (tertiary/aromatic N) is 1. The van der Waals surface area contributed by atoms with Gasteiger partial charge in [0.2, 0.25) is 5.91 Å². The number of rotatable bonds is 4. The van der Waals surface area contributed by atoms with E-state index in [9.17, 15) is 4.79 Å². The number of hydrogen-bond acceptors (Lipinski definition) is 3. The van der Waals surface area contributed by atoms with Crippen LogP contribution in [0.25, 0.3) is 10.2 Å². The molecule has 0 aliphatic heterocycles. The minimum atomic E-state index is 0.0908. The Hall–Kier alpha value is -1.42. The Labute approximate surface area is 136 Å². The highest BCUT2D eigenvalue weighted by molar-refractivity contribution is 7.18. The Balaban J connectivity index is 1.81. The smallest absolute Gasteiger partial charge is 0.223 e. The van der Waals surface area contributed by atoms with Crippen LogP contribution >= 0.6 is 11.3 Å². The molecule has 2 atom stereocenters. The summed E-state index contributed by atoms with van der Waals surface area (Å²) in [6, 6.07) is 8.26. The van der Waals surface area contributed by atoms with E-state index < -0.39 is 0 Å². The molecule has 0 saturated heterocycles. The number of nitrogens with one attached hydrogen (secondary N) is 1. The molecule has 1 aliphatic rings. The van der Waals surface area contributed by atoms with E-state index in [-0.39, 0.29) is 11.8 Å².